The van der Waals surface area contributed by atoms with Gasteiger partial charge in [0.25, 0.3) is 5.69 Å². The van der Waals surface area contributed by atoms with Gasteiger partial charge in [-0.15, -0.1) is 12.4 Å². The Kier molecular flexibility index (Phi) is 4.75. The van der Waals surface area contributed by atoms with Gasteiger partial charge in [0.1, 0.15) is 5.02 Å². The van der Waals surface area contributed by atoms with E-state index in [-0.39, 0.29) is 29.2 Å². The predicted octanol–water partition coefficient (Wildman–Crippen LogP) is 2.84. The minimum atomic E-state index is -0.549. The Labute approximate surface area is 114 Å². The summed E-state index contributed by atoms with van der Waals surface area (Å²) in [5.74, 6) is 0. The van der Waals surface area contributed by atoms with E-state index in [4.69, 9.17) is 16.3 Å². The summed E-state index contributed by atoms with van der Waals surface area (Å²) in [5.41, 5.74) is 0.489. The number of ether oxygens (including phenoxy) is 1. The molecule has 1 amide bonds. The lowest BCUT2D eigenvalue weighted by Crippen LogP contribution is -2.35. The van der Waals surface area contributed by atoms with Crippen molar-refractivity contribution < 1.29 is 14.5 Å². The third kappa shape index (κ3) is 3.02. The van der Waals surface area contributed by atoms with Crippen LogP contribution in [0, 0.1) is 10.1 Å². The largest absolute Gasteiger partial charge is 0.449 e. The van der Waals surface area contributed by atoms with Crippen molar-refractivity contribution in [3.63, 3.8) is 0 Å². The number of hydrogen-bond acceptors (Lipinski definition) is 4. The first kappa shape index (κ1) is 14.5. The molecule has 0 radical (unpaired) electrons. The molecule has 1 saturated heterocycles. The van der Waals surface area contributed by atoms with E-state index in [0.29, 0.717) is 18.6 Å². The Morgan fingerprint density at radius 2 is 2.22 bits per heavy atom. The van der Waals surface area contributed by atoms with Crippen LogP contribution in [0.15, 0.2) is 18.2 Å². The molecule has 8 heteroatoms. The third-order valence-corrected chi connectivity index (χ3v) is 2.82. The first-order valence-electron chi connectivity index (χ1n) is 4.95. The number of benzene rings is 1. The fourth-order valence-corrected chi connectivity index (χ4v) is 1.85. The SMILES string of the molecule is Cl.O=C1N[C@@H](c2ccc(Cl)c([N+](=O)[O-])c2)CCO1. The monoisotopic (exact) mass is 292 g/mol. The number of nitro groups is 1. The van der Waals surface area contributed by atoms with Crippen LogP contribution in [0.5, 0.6) is 0 Å². The minimum Gasteiger partial charge on any atom is -0.449 e. The highest BCUT2D eigenvalue weighted by Gasteiger charge is 2.23. The maximum Gasteiger partial charge on any atom is 0.407 e. The van der Waals surface area contributed by atoms with Gasteiger partial charge in [0.15, 0.2) is 0 Å². The van der Waals surface area contributed by atoms with Crippen LogP contribution in [0.3, 0.4) is 0 Å². The van der Waals surface area contributed by atoms with E-state index in [1.807, 2.05) is 0 Å². The van der Waals surface area contributed by atoms with E-state index in [2.05, 4.69) is 5.32 Å². The van der Waals surface area contributed by atoms with Gasteiger partial charge in [-0.1, -0.05) is 17.7 Å². The second-order valence-corrected chi connectivity index (χ2v) is 4.00. The molecule has 1 N–H and O–H groups in total. The molecular weight excluding hydrogens is 283 g/mol. The summed E-state index contributed by atoms with van der Waals surface area (Å²) in [6.45, 7) is 0.299. The summed E-state index contributed by atoms with van der Waals surface area (Å²) in [6, 6.07) is 4.22. The smallest absolute Gasteiger partial charge is 0.407 e. The quantitative estimate of drug-likeness (QED) is 0.671. The zero-order valence-electron chi connectivity index (χ0n) is 9.09. The molecule has 0 bridgehead atoms. The number of nitro benzene ring substituents is 1. The average molecular weight is 293 g/mol. The Morgan fingerprint density at radius 3 is 2.83 bits per heavy atom. The molecule has 1 aliphatic heterocycles. The van der Waals surface area contributed by atoms with Crippen LogP contribution in [0.25, 0.3) is 0 Å². The van der Waals surface area contributed by atoms with Gasteiger partial charge in [0.2, 0.25) is 0 Å². The Balaban J connectivity index is 0.00000162. The van der Waals surface area contributed by atoms with E-state index in [0.717, 1.165) is 0 Å². The standard InChI is InChI=1S/C10H9ClN2O4.ClH/c11-7-2-1-6(5-9(7)13(15)16)8-3-4-17-10(14)12-8;/h1-2,5,8H,3-4H2,(H,12,14);1H/t8-;/m1./s1. The molecule has 1 fully saturated rings. The zero-order valence-corrected chi connectivity index (χ0v) is 10.7. The summed E-state index contributed by atoms with van der Waals surface area (Å²) < 4.78 is 4.72. The van der Waals surface area contributed by atoms with Gasteiger partial charge in [-0.05, 0) is 11.6 Å². The molecule has 1 aromatic rings. The molecule has 0 saturated carbocycles. The number of nitrogens with one attached hydrogen (secondary N) is 1. The molecule has 0 aromatic heterocycles. The summed E-state index contributed by atoms with van der Waals surface area (Å²) in [4.78, 5) is 21.2. The number of amides is 1. The normalized spacial score (nSPS) is 18.3. The second-order valence-electron chi connectivity index (χ2n) is 3.59. The molecule has 18 heavy (non-hydrogen) atoms. The minimum absolute atomic E-state index is 0. The number of nitrogens with zero attached hydrogens (tertiary/aromatic N) is 1. The van der Waals surface area contributed by atoms with Crippen molar-refractivity contribution >= 4 is 35.8 Å². The Morgan fingerprint density at radius 1 is 1.50 bits per heavy atom. The van der Waals surface area contributed by atoms with Crippen molar-refractivity contribution in [3.8, 4) is 0 Å². The van der Waals surface area contributed by atoms with Crippen molar-refractivity contribution in [3.05, 3.63) is 38.9 Å². The van der Waals surface area contributed by atoms with Crippen LogP contribution in [0.2, 0.25) is 5.02 Å². The molecular formula is C10H10Cl2N2O4. The van der Waals surface area contributed by atoms with Gasteiger partial charge in [-0.2, -0.15) is 0 Å². The number of carbonyl (C=O) groups excluding carboxylic acids is 1. The maximum absolute atomic E-state index is 11.0. The van der Waals surface area contributed by atoms with Gasteiger partial charge in [-0.25, -0.2) is 4.79 Å². The highest BCUT2D eigenvalue weighted by atomic mass is 35.5. The average Bonchev–Trinajstić information content (AvgIpc) is 2.29. The number of alkyl carbamates (subject to hydrolysis) is 1. The molecule has 1 heterocycles. The van der Waals surface area contributed by atoms with E-state index in [9.17, 15) is 14.9 Å². The molecule has 1 aliphatic rings. The summed E-state index contributed by atoms with van der Waals surface area (Å²) in [6.07, 6.45) is 0.0590. The van der Waals surface area contributed by atoms with Crippen molar-refractivity contribution in [2.45, 2.75) is 12.5 Å². The first-order valence-corrected chi connectivity index (χ1v) is 5.33. The predicted molar refractivity (Wildman–Crippen MR) is 67.2 cm³/mol. The van der Waals surface area contributed by atoms with Gasteiger partial charge < -0.3 is 10.1 Å². The van der Waals surface area contributed by atoms with E-state index in [1.165, 1.54) is 12.1 Å². The van der Waals surface area contributed by atoms with Crippen molar-refractivity contribution in [2.75, 3.05) is 6.61 Å². The van der Waals surface area contributed by atoms with Crippen LogP contribution >= 0.6 is 24.0 Å². The molecule has 98 valence electrons. The molecule has 1 atom stereocenters. The number of rotatable bonds is 2. The van der Waals surface area contributed by atoms with E-state index < -0.39 is 11.0 Å². The highest BCUT2D eigenvalue weighted by Crippen LogP contribution is 2.29. The van der Waals surface area contributed by atoms with Crippen LogP contribution in [-0.4, -0.2) is 17.6 Å². The molecule has 2 rings (SSSR count). The zero-order chi connectivity index (χ0) is 12.4. The lowest BCUT2D eigenvalue weighted by molar-refractivity contribution is -0.384. The van der Waals surface area contributed by atoms with Crippen molar-refractivity contribution in [1.29, 1.82) is 0 Å². The van der Waals surface area contributed by atoms with Crippen LogP contribution < -0.4 is 5.32 Å². The van der Waals surface area contributed by atoms with Gasteiger partial charge >= 0.3 is 6.09 Å². The van der Waals surface area contributed by atoms with Gasteiger partial charge in [0.05, 0.1) is 17.6 Å². The lowest BCUT2D eigenvalue weighted by Gasteiger charge is -2.23. The highest BCUT2D eigenvalue weighted by molar-refractivity contribution is 6.32. The Bertz CT molecular complexity index is 481. The maximum atomic E-state index is 11.0. The molecule has 0 aliphatic carbocycles. The molecule has 1 aromatic carbocycles. The van der Waals surface area contributed by atoms with Crippen molar-refractivity contribution in [2.24, 2.45) is 0 Å². The van der Waals surface area contributed by atoms with E-state index in [1.54, 1.807) is 6.07 Å². The van der Waals surface area contributed by atoms with Crippen LogP contribution in [-0.2, 0) is 4.74 Å². The van der Waals surface area contributed by atoms with E-state index >= 15 is 0 Å². The van der Waals surface area contributed by atoms with Crippen LogP contribution in [0.1, 0.15) is 18.0 Å². The molecule has 0 spiro atoms. The lowest BCUT2D eigenvalue weighted by atomic mass is 10.0. The molecule has 6 nitrogen and oxygen atoms in total. The Hall–Kier alpha value is -1.53. The van der Waals surface area contributed by atoms with Crippen LogP contribution in [0.4, 0.5) is 10.5 Å². The summed E-state index contributed by atoms with van der Waals surface area (Å²) >= 11 is 5.71. The topological polar surface area (TPSA) is 81.5 Å². The fourth-order valence-electron chi connectivity index (χ4n) is 1.66. The number of hydrogen-bond donors (Lipinski definition) is 1. The molecule has 0 unspecified atom stereocenters. The third-order valence-electron chi connectivity index (χ3n) is 2.50. The number of carbonyl (C=O) groups is 1. The summed E-state index contributed by atoms with van der Waals surface area (Å²) in [5, 5.41) is 13.4. The summed E-state index contributed by atoms with van der Waals surface area (Å²) in [7, 11) is 0. The number of cyclic esters (lactones) is 1. The van der Waals surface area contributed by atoms with Gasteiger partial charge in [-0.3, -0.25) is 10.1 Å². The van der Waals surface area contributed by atoms with Gasteiger partial charge in [0, 0.05) is 12.5 Å². The fraction of sp³-hybridized carbons (Fsp3) is 0.300. The number of halogens is 2. The van der Waals surface area contributed by atoms with Crippen molar-refractivity contribution in [1.82, 2.24) is 5.32 Å². The second kappa shape index (κ2) is 5.88. The first-order chi connectivity index (χ1) is 8.08.